The number of aliphatic hydroxyl groups excluding tert-OH is 1. The third-order valence-electron chi connectivity index (χ3n) is 2.99. The molecular formula is C17H18FNO2. The van der Waals surface area contributed by atoms with Crippen LogP contribution in [-0.2, 0) is 0 Å². The Bertz CT molecular complexity index is 579. The summed E-state index contributed by atoms with van der Waals surface area (Å²) < 4.78 is 12.1. The van der Waals surface area contributed by atoms with Crippen molar-refractivity contribution in [3.05, 3.63) is 59.7 Å². The van der Waals surface area contributed by atoms with Crippen molar-refractivity contribution in [1.29, 1.82) is 0 Å². The van der Waals surface area contributed by atoms with Gasteiger partial charge in [-0.05, 0) is 35.4 Å². The van der Waals surface area contributed by atoms with E-state index in [2.05, 4.69) is 5.32 Å². The molecule has 3 nitrogen and oxygen atoms in total. The summed E-state index contributed by atoms with van der Waals surface area (Å²) in [6.07, 6.45) is 2.94. The zero-order valence-corrected chi connectivity index (χ0v) is 11.5. The number of benzene rings is 2. The first-order valence-electron chi connectivity index (χ1n) is 6.72. The first-order valence-corrected chi connectivity index (χ1v) is 6.72. The maximum Gasteiger partial charge on any atom is 0.117 e. The van der Waals surface area contributed by atoms with Crippen molar-refractivity contribution in [1.82, 2.24) is 0 Å². The molecular weight excluding hydrogens is 269 g/mol. The summed E-state index contributed by atoms with van der Waals surface area (Å²) in [5.74, 6) is 0.248. The lowest BCUT2D eigenvalue weighted by molar-refractivity contribution is 0.151. The third-order valence-corrected chi connectivity index (χ3v) is 2.99. The van der Waals surface area contributed by atoms with Gasteiger partial charge < -0.3 is 15.5 Å². The standard InChI is InChI=1S/C17H18FNO2/c18-11-17(21)12-19-15-7-3-13(4-8-15)1-2-14-5-9-16(20)10-6-14/h1-10,17,19-21H,11-12H2. The number of aromatic hydroxyl groups is 1. The second-order valence-electron chi connectivity index (χ2n) is 4.74. The molecule has 2 aromatic rings. The monoisotopic (exact) mass is 287 g/mol. The van der Waals surface area contributed by atoms with E-state index in [0.29, 0.717) is 0 Å². The molecule has 0 saturated heterocycles. The van der Waals surface area contributed by atoms with Gasteiger partial charge in [0, 0.05) is 12.2 Å². The minimum absolute atomic E-state index is 0.194. The molecule has 0 bridgehead atoms. The molecule has 21 heavy (non-hydrogen) atoms. The van der Waals surface area contributed by atoms with E-state index in [9.17, 15) is 9.50 Å². The number of aliphatic hydroxyl groups is 1. The zero-order chi connectivity index (χ0) is 15.1. The van der Waals surface area contributed by atoms with Gasteiger partial charge >= 0.3 is 0 Å². The van der Waals surface area contributed by atoms with Crippen LogP contribution in [0.2, 0.25) is 0 Å². The number of alkyl halides is 1. The summed E-state index contributed by atoms with van der Waals surface area (Å²) in [6.45, 7) is -0.556. The number of hydrogen-bond acceptors (Lipinski definition) is 3. The second-order valence-corrected chi connectivity index (χ2v) is 4.74. The third kappa shape index (κ3) is 4.93. The molecule has 0 radical (unpaired) electrons. The van der Waals surface area contributed by atoms with Crippen molar-refractivity contribution >= 4 is 17.8 Å². The van der Waals surface area contributed by atoms with Gasteiger partial charge in [-0.15, -0.1) is 0 Å². The Labute approximate surface area is 123 Å². The quantitative estimate of drug-likeness (QED) is 0.714. The number of halogens is 1. The molecule has 0 spiro atoms. The van der Waals surface area contributed by atoms with Crippen LogP contribution in [0.25, 0.3) is 12.2 Å². The van der Waals surface area contributed by atoms with Gasteiger partial charge in [0.15, 0.2) is 0 Å². The van der Waals surface area contributed by atoms with Crippen LogP contribution in [0, 0.1) is 0 Å². The molecule has 0 aliphatic rings. The van der Waals surface area contributed by atoms with Gasteiger partial charge in [-0.25, -0.2) is 4.39 Å². The fraction of sp³-hybridized carbons (Fsp3) is 0.176. The molecule has 2 aromatic carbocycles. The minimum atomic E-state index is -0.973. The Morgan fingerprint density at radius 2 is 1.48 bits per heavy atom. The molecule has 0 aliphatic heterocycles. The molecule has 2 rings (SSSR count). The first kappa shape index (κ1) is 15.1. The van der Waals surface area contributed by atoms with E-state index >= 15 is 0 Å². The Kier molecular flexibility index (Phi) is 5.35. The van der Waals surface area contributed by atoms with Crippen LogP contribution in [-0.4, -0.2) is 29.5 Å². The van der Waals surface area contributed by atoms with Crippen molar-refractivity contribution in [3.8, 4) is 5.75 Å². The summed E-state index contributed by atoms with van der Waals surface area (Å²) in [7, 11) is 0. The molecule has 1 atom stereocenters. The number of nitrogens with one attached hydrogen (secondary N) is 1. The normalized spacial score (nSPS) is 12.5. The predicted octanol–water partition coefficient (Wildman–Crippen LogP) is 3.30. The zero-order valence-electron chi connectivity index (χ0n) is 11.5. The first-order chi connectivity index (χ1) is 10.2. The van der Waals surface area contributed by atoms with Crippen LogP contribution in [0.3, 0.4) is 0 Å². The van der Waals surface area contributed by atoms with Crippen molar-refractivity contribution in [3.63, 3.8) is 0 Å². The Hall–Kier alpha value is -2.33. The van der Waals surface area contributed by atoms with E-state index in [-0.39, 0.29) is 12.3 Å². The van der Waals surface area contributed by atoms with Gasteiger partial charge in [-0.3, -0.25) is 0 Å². The Morgan fingerprint density at radius 3 is 2.00 bits per heavy atom. The lowest BCUT2D eigenvalue weighted by Crippen LogP contribution is -2.21. The van der Waals surface area contributed by atoms with Gasteiger partial charge in [0.2, 0.25) is 0 Å². The van der Waals surface area contributed by atoms with Gasteiger partial charge in [0.1, 0.15) is 12.4 Å². The van der Waals surface area contributed by atoms with Crippen LogP contribution in [0.15, 0.2) is 48.5 Å². The molecule has 110 valence electrons. The molecule has 1 unspecified atom stereocenters. The molecule has 0 heterocycles. The van der Waals surface area contributed by atoms with Crippen LogP contribution in [0.5, 0.6) is 5.75 Å². The molecule has 3 N–H and O–H groups in total. The maximum atomic E-state index is 12.1. The molecule has 0 amide bonds. The number of phenolic OH excluding ortho intramolecular Hbond substituents is 1. The SMILES string of the molecule is Oc1ccc(C=Cc2ccc(NCC(O)CF)cc2)cc1. The smallest absolute Gasteiger partial charge is 0.117 e. The average molecular weight is 287 g/mol. The highest BCUT2D eigenvalue weighted by atomic mass is 19.1. The van der Waals surface area contributed by atoms with Gasteiger partial charge in [0.25, 0.3) is 0 Å². The minimum Gasteiger partial charge on any atom is -0.508 e. The maximum absolute atomic E-state index is 12.1. The van der Waals surface area contributed by atoms with Crippen molar-refractivity contribution in [2.75, 3.05) is 18.5 Å². The Morgan fingerprint density at radius 1 is 0.952 bits per heavy atom. The summed E-state index contributed by atoms with van der Waals surface area (Å²) in [5, 5.41) is 21.3. The molecule has 0 fully saturated rings. The van der Waals surface area contributed by atoms with E-state index in [1.165, 1.54) is 0 Å². The van der Waals surface area contributed by atoms with E-state index < -0.39 is 12.8 Å². The number of hydrogen-bond donors (Lipinski definition) is 3. The lowest BCUT2D eigenvalue weighted by atomic mass is 10.1. The average Bonchev–Trinajstić information content (AvgIpc) is 2.53. The predicted molar refractivity (Wildman–Crippen MR) is 83.9 cm³/mol. The van der Waals surface area contributed by atoms with Crippen LogP contribution < -0.4 is 5.32 Å². The molecule has 0 aliphatic carbocycles. The van der Waals surface area contributed by atoms with Crippen molar-refractivity contribution in [2.24, 2.45) is 0 Å². The summed E-state index contributed by atoms with van der Waals surface area (Å²) in [5.41, 5.74) is 2.87. The van der Waals surface area contributed by atoms with Gasteiger partial charge in [-0.2, -0.15) is 0 Å². The largest absolute Gasteiger partial charge is 0.508 e. The highest BCUT2D eigenvalue weighted by Gasteiger charge is 2.01. The Balaban J connectivity index is 1.94. The van der Waals surface area contributed by atoms with Crippen LogP contribution in [0.1, 0.15) is 11.1 Å². The highest BCUT2D eigenvalue weighted by Crippen LogP contribution is 2.14. The summed E-state index contributed by atoms with van der Waals surface area (Å²) in [6, 6.07) is 14.6. The van der Waals surface area contributed by atoms with E-state index in [1.807, 2.05) is 48.6 Å². The fourth-order valence-corrected chi connectivity index (χ4v) is 1.78. The fourth-order valence-electron chi connectivity index (χ4n) is 1.78. The molecule has 0 aromatic heterocycles. The molecule has 4 heteroatoms. The summed E-state index contributed by atoms with van der Waals surface area (Å²) >= 11 is 0. The van der Waals surface area contributed by atoms with Crippen LogP contribution in [0.4, 0.5) is 10.1 Å². The molecule has 0 saturated carbocycles. The number of phenols is 1. The van der Waals surface area contributed by atoms with E-state index in [4.69, 9.17) is 5.11 Å². The van der Waals surface area contributed by atoms with Crippen molar-refractivity contribution in [2.45, 2.75) is 6.10 Å². The van der Waals surface area contributed by atoms with Gasteiger partial charge in [0.05, 0.1) is 6.10 Å². The topological polar surface area (TPSA) is 52.5 Å². The van der Waals surface area contributed by atoms with E-state index in [1.54, 1.807) is 12.1 Å². The number of rotatable bonds is 6. The van der Waals surface area contributed by atoms with Crippen molar-refractivity contribution < 1.29 is 14.6 Å². The summed E-state index contributed by atoms with van der Waals surface area (Å²) in [4.78, 5) is 0. The van der Waals surface area contributed by atoms with Crippen LogP contribution >= 0.6 is 0 Å². The highest BCUT2D eigenvalue weighted by molar-refractivity contribution is 5.70. The van der Waals surface area contributed by atoms with E-state index in [0.717, 1.165) is 16.8 Å². The lowest BCUT2D eigenvalue weighted by Gasteiger charge is -2.09. The second kappa shape index (κ2) is 7.45. The number of anilines is 1. The van der Waals surface area contributed by atoms with Gasteiger partial charge in [-0.1, -0.05) is 36.4 Å².